The number of pyridine rings is 1. The summed E-state index contributed by atoms with van der Waals surface area (Å²) in [4.78, 5) is 6.87. The van der Waals surface area contributed by atoms with Crippen molar-refractivity contribution in [3.05, 3.63) is 23.9 Å². The fourth-order valence-corrected chi connectivity index (χ4v) is 2.13. The van der Waals surface area contributed by atoms with Gasteiger partial charge in [0, 0.05) is 31.9 Å². The van der Waals surface area contributed by atoms with Gasteiger partial charge >= 0.3 is 0 Å². The lowest BCUT2D eigenvalue weighted by molar-refractivity contribution is 0.203. The highest BCUT2D eigenvalue weighted by Crippen LogP contribution is 2.17. The van der Waals surface area contributed by atoms with Crippen LogP contribution in [-0.2, 0) is 4.74 Å². The number of nitrogens with zero attached hydrogens (tertiary/aromatic N) is 2. The Morgan fingerprint density at radius 3 is 2.55 bits per heavy atom. The molecule has 0 radical (unpaired) electrons. The van der Waals surface area contributed by atoms with Crippen LogP contribution in [0.1, 0.15) is 45.7 Å². The Morgan fingerprint density at radius 1 is 1.30 bits per heavy atom. The highest BCUT2D eigenvalue weighted by molar-refractivity contribution is 5.40. The Bertz CT molecular complexity index is 364. The van der Waals surface area contributed by atoms with Crippen molar-refractivity contribution >= 4 is 5.82 Å². The first kappa shape index (κ1) is 16.9. The molecule has 4 heteroatoms. The summed E-state index contributed by atoms with van der Waals surface area (Å²) < 4.78 is 5.17. The average Bonchev–Trinajstić information content (AvgIpc) is 2.45. The van der Waals surface area contributed by atoms with Crippen LogP contribution in [0.4, 0.5) is 5.82 Å². The first-order valence-electron chi connectivity index (χ1n) is 7.55. The molecule has 0 aliphatic rings. The third kappa shape index (κ3) is 5.10. The minimum atomic E-state index is 0.350. The standard InChI is InChI=1S/C16H29N3O/c1-6-9-17-14(4)15-7-8-16(18-12-15)19(13(2)3)10-11-20-5/h7-8,12-14,17H,6,9-11H2,1-5H3. The molecule has 0 spiro atoms. The van der Waals surface area contributed by atoms with E-state index in [9.17, 15) is 0 Å². The zero-order valence-corrected chi connectivity index (χ0v) is 13.5. The number of ether oxygens (including phenoxy) is 1. The molecule has 1 atom stereocenters. The van der Waals surface area contributed by atoms with Gasteiger partial charge in [-0.2, -0.15) is 0 Å². The molecule has 0 saturated heterocycles. The summed E-state index contributed by atoms with van der Waals surface area (Å²) in [6, 6.07) is 5.04. The van der Waals surface area contributed by atoms with E-state index in [4.69, 9.17) is 4.74 Å². The van der Waals surface area contributed by atoms with Crippen LogP contribution in [0.2, 0.25) is 0 Å². The molecule has 1 aromatic rings. The minimum absolute atomic E-state index is 0.350. The van der Waals surface area contributed by atoms with E-state index in [2.05, 4.69) is 55.0 Å². The zero-order chi connectivity index (χ0) is 15.0. The lowest BCUT2D eigenvalue weighted by Crippen LogP contribution is -2.34. The summed E-state index contributed by atoms with van der Waals surface area (Å²) in [7, 11) is 1.73. The summed E-state index contributed by atoms with van der Waals surface area (Å²) in [6.45, 7) is 11.3. The van der Waals surface area contributed by atoms with Gasteiger partial charge in [0.15, 0.2) is 0 Å². The number of nitrogens with one attached hydrogen (secondary N) is 1. The SMILES string of the molecule is CCCNC(C)c1ccc(N(CCOC)C(C)C)nc1. The zero-order valence-electron chi connectivity index (χ0n) is 13.5. The monoisotopic (exact) mass is 279 g/mol. The smallest absolute Gasteiger partial charge is 0.128 e. The van der Waals surface area contributed by atoms with Gasteiger partial charge in [-0.15, -0.1) is 0 Å². The Hall–Kier alpha value is -1.13. The van der Waals surface area contributed by atoms with E-state index in [0.29, 0.717) is 12.1 Å². The summed E-state index contributed by atoms with van der Waals surface area (Å²) in [5.41, 5.74) is 1.23. The molecule has 0 fully saturated rings. The van der Waals surface area contributed by atoms with E-state index in [1.807, 2.05) is 6.20 Å². The molecule has 0 saturated carbocycles. The molecule has 0 aliphatic heterocycles. The predicted octanol–water partition coefficient (Wildman–Crippen LogP) is 3.00. The molecule has 114 valence electrons. The van der Waals surface area contributed by atoms with Crippen LogP contribution in [0.3, 0.4) is 0 Å². The van der Waals surface area contributed by atoms with Crippen molar-refractivity contribution in [1.29, 1.82) is 0 Å². The van der Waals surface area contributed by atoms with Gasteiger partial charge in [0.05, 0.1) is 6.61 Å². The second-order valence-corrected chi connectivity index (χ2v) is 5.41. The van der Waals surface area contributed by atoms with Crippen molar-refractivity contribution in [1.82, 2.24) is 10.3 Å². The minimum Gasteiger partial charge on any atom is -0.383 e. The Morgan fingerprint density at radius 2 is 2.05 bits per heavy atom. The van der Waals surface area contributed by atoms with Gasteiger partial charge in [0.2, 0.25) is 0 Å². The molecule has 1 heterocycles. The van der Waals surface area contributed by atoms with Crippen molar-refractivity contribution in [2.75, 3.05) is 31.7 Å². The van der Waals surface area contributed by atoms with Crippen LogP contribution in [-0.4, -0.2) is 37.8 Å². The molecule has 20 heavy (non-hydrogen) atoms. The highest BCUT2D eigenvalue weighted by Gasteiger charge is 2.12. The van der Waals surface area contributed by atoms with Gasteiger partial charge in [0.1, 0.15) is 5.82 Å². The fraction of sp³-hybridized carbons (Fsp3) is 0.688. The van der Waals surface area contributed by atoms with Gasteiger partial charge in [0.25, 0.3) is 0 Å². The van der Waals surface area contributed by atoms with Crippen LogP contribution in [0.5, 0.6) is 0 Å². The van der Waals surface area contributed by atoms with Crippen molar-refractivity contribution in [2.24, 2.45) is 0 Å². The van der Waals surface area contributed by atoms with Crippen molar-refractivity contribution in [3.8, 4) is 0 Å². The van der Waals surface area contributed by atoms with Crippen LogP contribution in [0.15, 0.2) is 18.3 Å². The number of methoxy groups -OCH3 is 1. The van der Waals surface area contributed by atoms with Gasteiger partial charge < -0.3 is 15.0 Å². The van der Waals surface area contributed by atoms with Crippen LogP contribution in [0.25, 0.3) is 0 Å². The van der Waals surface area contributed by atoms with E-state index in [1.165, 1.54) is 5.56 Å². The van der Waals surface area contributed by atoms with Crippen molar-refractivity contribution in [3.63, 3.8) is 0 Å². The quantitative estimate of drug-likeness (QED) is 0.754. The highest BCUT2D eigenvalue weighted by atomic mass is 16.5. The van der Waals surface area contributed by atoms with Crippen LogP contribution >= 0.6 is 0 Å². The normalized spacial score (nSPS) is 12.7. The third-order valence-corrected chi connectivity index (χ3v) is 3.43. The molecule has 4 nitrogen and oxygen atoms in total. The van der Waals surface area contributed by atoms with Crippen LogP contribution in [0, 0.1) is 0 Å². The van der Waals surface area contributed by atoms with Crippen molar-refractivity contribution in [2.45, 2.75) is 46.2 Å². The molecule has 0 aromatic carbocycles. The van der Waals surface area contributed by atoms with Gasteiger partial charge in [-0.1, -0.05) is 13.0 Å². The molecule has 1 N–H and O–H groups in total. The molecule has 0 bridgehead atoms. The molecule has 1 aromatic heterocycles. The summed E-state index contributed by atoms with van der Waals surface area (Å²) >= 11 is 0. The predicted molar refractivity (Wildman–Crippen MR) is 85.3 cm³/mol. The van der Waals surface area contributed by atoms with Gasteiger partial charge in [-0.3, -0.25) is 0 Å². The molecule has 0 aliphatic carbocycles. The average molecular weight is 279 g/mol. The van der Waals surface area contributed by atoms with Gasteiger partial charge in [-0.05, 0) is 45.4 Å². The van der Waals surface area contributed by atoms with Gasteiger partial charge in [-0.25, -0.2) is 4.98 Å². The van der Waals surface area contributed by atoms with Crippen molar-refractivity contribution < 1.29 is 4.74 Å². The maximum Gasteiger partial charge on any atom is 0.128 e. The number of rotatable bonds is 9. The van der Waals surface area contributed by atoms with E-state index >= 15 is 0 Å². The maximum absolute atomic E-state index is 5.17. The lowest BCUT2D eigenvalue weighted by Gasteiger charge is -2.28. The lowest BCUT2D eigenvalue weighted by atomic mass is 10.1. The fourth-order valence-electron chi connectivity index (χ4n) is 2.13. The molecule has 0 amide bonds. The Labute approximate surface area is 123 Å². The largest absolute Gasteiger partial charge is 0.383 e. The summed E-state index contributed by atoms with van der Waals surface area (Å²) in [5.74, 6) is 1.02. The van der Waals surface area contributed by atoms with Crippen LogP contribution < -0.4 is 10.2 Å². The molecule has 1 rings (SSSR count). The topological polar surface area (TPSA) is 37.4 Å². The van der Waals surface area contributed by atoms with E-state index in [1.54, 1.807) is 7.11 Å². The third-order valence-electron chi connectivity index (χ3n) is 3.43. The van der Waals surface area contributed by atoms with E-state index in [0.717, 1.165) is 31.9 Å². The number of hydrogen-bond donors (Lipinski definition) is 1. The first-order valence-corrected chi connectivity index (χ1v) is 7.55. The molecular formula is C16H29N3O. The maximum atomic E-state index is 5.17. The number of aromatic nitrogens is 1. The summed E-state index contributed by atoms with van der Waals surface area (Å²) in [6.07, 6.45) is 3.12. The number of hydrogen-bond acceptors (Lipinski definition) is 4. The summed E-state index contributed by atoms with van der Waals surface area (Å²) in [5, 5.41) is 3.48. The first-order chi connectivity index (χ1) is 9.60. The number of anilines is 1. The molecular weight excluding hydrogens is 250 g/mol. The Balaban J connectivity index is 2.72. The second kappa shape index (κ2) is 8.93. The second-order valence-electron chi connectivity index (χ2n) is 5.41. The molecule has 1 unspecified atom stereocenters. The Kier molecular flexibility index (Phi) is 7.55. The van der Waals surface area contributed by atoms with E-state index in [-0.39, 0.29) is 0 Å². The van der Waals surface area contributed by atoms with E-state index < -0.39 is 0 Å².